The quantitative estimate of drug-likeness (QED) is 0.716. The highest BCUT2D eigenvalue weighted by Gasteiger charge is 2.33. The zero-order valence-corrected chi connectivity index (χ0v) is 13.8. The largest absolute Gasteiger partial charge is 0.309 e. The van der Waals surface area contributed by atoms with E-state index in [9.17, 15) is 0 Å². The summed E-state index contributed by atoms with van der Waals surface area (Å²) in [6, 6.07) is 0.721. The Morgan fingerprint density at radius 2 is 2.00 bits per heavy atom. The van der Waals surface area contributed by atoms with Gasteiger partial charge in [-0.2, -0.15) is 11.8 Å². The van der Waals surface area contributed by atoms with Crippen molar-refractivity contribution in [2.24, 2.45) is 5.92 Å². The maximum Gasteiger partial charge on any atom is 0.0252 e. The molecule has 108 valence electrons. The van der Waals surface area contributed by atoms with Crippen LogP contribution < -0.4 is 5.32 Å². The van der Waals surface area contributed by atoms with Crippen LogP contribution in [0.15, 0.2) is 0 Å². The van der Waals surface area contributed by atoms with Crippen LogP contribution in [0.1, 0.15) is 47.0 Å². The van der Waals surface area contributed by atoms with Gasteiger partial charge in [-0.25, -0.2) is 0 Å². The fourth-order valence-electron chi connectivity index (χ4n) is 2.83. The molecular formula is C15H32N2S. The predicted octanol–water partition coefficient (Wildman–Crippen LogP) is 3.23. The Balaban J connectivity index is 2.37. The van der Waals surface area contributed by atoms with E-state index in [1.165, 1.54) is 38.1 Å². The molecule has 0 bridgehead atoms. The van der Waals surface area contributed by atoms with Crippen molar-refractivity contribution in [1.82, 2.24) is 10.2 Å². The number of hydrogen-bond acceptors (Lipinski definition) is 3. The van der Waals surface area contributed by atoms with E-state index >= 15 is 0 Å². The molecule has 0 aliphatic carbocycles. The first-order valence-electron chi connectivity index (χ1n) is 7.44. The molecule has 1 fully saturated rings. The van der Waals surface area contributed by atoms with Gasteiger partial charge in [-0.3, -0.25) is 4.90 Å². The first kappa shape index (κ1) is 16.3. The molecule has 1 aliphatic heterocycles. The summed E-state index contributed by atoms with van der Waals surface area (Å²) in [7, 11) is 0. The zero-order valence-electron chi connectivity index (χ0n) is 13.0. The number of unbranched alkanes of at least 4 members (excludes halogenated alkanes) is 2. The van der Waals surface area contributed by atoms with Gasteiger partial charge < -0.3 is 5.32 Å². The Hall–Kier alpha value is 0.270. The standard InChI is InChI=1S/C15H32N2S/c1-13(2)14-11-16-15(3,4)12-17(14)9-7-6-8-10-18-5/h13-14,16H,6-12H2,1-5H3. The zero-order chi connectivity index (χ0) is 13.6. The third-order valence-corrected chi connectivity index (χ3v) is 4.62. The first-order chi connectivity index (χ1) is 8.46. The molecule has 1 unspecified atom stereocenters. The monoisotopic (exact) mass is 272 g/mol. The van der Waals surface area contributed by atoms with Crippen LogP contribution in [0.3, 0.4) is 0 Å². The molecule has 1 atom stereocenters. The number of hydrogen-bond donors (Lipinski definition) is 1. The van der Waals surface area contributed by atoms with Crippen molar-refractivity contribution in [1.29, 1.82) is 0 Å². The first-order valence-corrected chi connectivity index (χ1v) is 8.83. The number of piperazine rings is 1. The van der Waals surface area contributed by atoms with Gasteiger partial charge in [0.25, 0.3) is 0 Å². The summed E-state index contributed by atoms with van der Waals surface area (Å²) in [6.07, 6.45) is 6.33. The maximum absolute atomic E-state index is 3.69. The van der Waals surface area contributed by atoms with Crippen molar-refractivity contribution in [2.45, 2.75) is 58.5 Å². The number of thioether (sulfide) groups is 1. The van der Waals surface area contributed by atoms with E-state index in [0.717, 1.165) is 18.5 Å². The normalized spacial score (nSPS) is 24.7. The molecule has 3 heteroatoms. The molecule has 0 saturated carbocycles. The molecular weight excluding hydrogens is 240 g/mol. The molecule has 2 nitrogen and oxygen atoms in total. The van der Waals surface area contributed by atoms with Crippen LogP contribution in [0.2, 0.25) is 0 Å². The molecule has 1 aliphatic rings. The summed E-state index contributed by atoms with van der Waals surface area (Å²) in [5.74, 6) is 2.07. The Bertz CT molecular complexity index is 229. The van der Waals surface area contributed by atoms with E-state index in [4.69, 9.17) is 0 Å². The minimum atomic E-state index is 0.282. The highest BCUT2D eigenvalue weighted by Crippen LogP contribution is 2.20. The van der Waals surface area contributed by atoms with Crippen LogP contribution in [0.25, 0.3) is 0 Å². The summed E-state index contributed by atoms with van der Waals surface area (Å²) in [6.45, 7) is 13.0. The third kappa shape index (κ3) is 5.50. The van der Waals surface area contributed by atoms with Crippen LogP contribution in [-0.4, -0.2) is 48.1 Å². The third-order valence-electron chi connectivity index (χ3n) is 3.92. The lowest BCUT2D eigenvalue weighted by atomic mass is 9.93. The van der Waals surface area contributed by atoms with Gasteiger partial charge in [0.1, 0.15) is 0 Å². The topological polar surface area (TPSA) is 15.3 Å². The van der Waals surface area contributed by atoms with Gasteiger partial charge in [-0.1, -0.05) is 20.3 Å². The van der Waals surface area contributed by atoms with Gasteiger partial charge >= 0.3 is 0 Å². The van der Waals surface area contributed by atoms with Gasteiger partial charge in [0, 0.05) is 24.7 Å². The van der Waals surface area contributed by atoms with E-state index in [2.05, 4.69) is 44.2 Å². The van der Waals surface area contributed by atoms with E-state index < -0.39 is 0 Å². The van der Waals surface area contributed by atoms with Crippen LogP contribution in [-0.2, 0) is 0 Å². The van der Waals surface area contributed by atoms with Gasteiger partial charge in [-0.05, 0) is 51.2 Å². The van der Waals surface area contributed by atoms with Crippen molar-refractivity contribution in [3.05, 3.63) is 0 Å². The Morgan fingerprint density at radius 3 is 2.61 bits per heavy atom. The molecule has 0 spiro atoms. The Kier molecular flexibility index (Phi) is 7.04. The Morgan fingerprint density at radius 1 is 1.28 bits per heavy atom. The molecule has 0 amide bonds. The highest BCUT2D eigenvalue weighted by atomic mass is 32.2. The molecule has 1 rings (SSSR count). The number of nitrogens with zero attached hydrogens (tertiary/aromatic N) is 1. The van der Waals surface area contributed by atoms with E-state index in [0.29, 0.717) is 0 Å². The van der Waals surface area contributed by atoms with Gasteiger partial charge in [0.05, 0.1) is 0 Å². The summed E-state index contributed by atoms with van der Waals surface area (Å²) in [4.78, 5) is 2.72. The van der Waals surface area contributed by atoms with Crippen LogP contribution >= 0.6 is 11.8 Å². The summed E-state index contributed by atoms with van der Waals surface area (Å²) in [5.41, 5.74) is 0.282. The minimum absolute atomic E-state index is 0.282. The average Bonchev–Trinajstić information content (AvgIpc) is 2.27. The van der Waals surface area contributed by atoms with Crippen molar-refractivity contribution >= 4 is 11.8 Å². The van der Waals surface area contributed by atoms with E-state index in [1.807, 2.05) is 11.8 Å². The molecule has 0 radical (unpaired) electrons. The minimum Gasteiger partial charge on any atom is -0.309 e. The van der Waals surface area contributed by atoms with Crippen molar-refractivity contribution in [2.75, 3.05) is 31.6 Å². The number of nitrogens with one attached hydrogen (secondary N) is 1. The molecule has 1 heterocycles. The van der Waals surface area contributed by atoms with Crippen molar-refractivity contribution in [3.8, 4) is 0 Å². The van der Waals surface area contributed by atoms with E-state index in [-0.39, 0.29) is 5.54 Å². The smallest absolute Gasteiger partial charge is 0.0252 e. The van der Waals surface area contributed by atoms with Crippen LogP contribution in [0.5, 0.6) is 0 Å². The Labute approximate surface area is 118 Å². The highest BCUT2D eigenvalue weighted by molar-refractivity contribution is 7.98. The maximum atomic E-state index is 3.69. The predicted molar refractivity (Wildman–Crippen MR) is 84.5 cm³/mol. The van der Waals surface area contributed by atoms with Crippen molar-refractivity contribution < 1.29 is 0 Å². The summed E-state index contributed by atoms with van der Waals surface area (Å²) >= 11 is 1.97. The SMILES string of the molecule is CSCCCCCN1CC(C)(C)NCC1C(C)C. The van der Waals surface area contributed by atoms with Crippen molar-refractivity contribution in [3.63, 3.8) is 0 Å². The molecule has 18 heavy (non-hydrogen) atoms. The van der Waals surface area contributed by atoms with E-state index in [1.54, 1.807) is 0 Å². The molecule has 0 aromatic carbocycles. The van der Waals surface area contributed by atoms with Gasteiger partial charge in [-0.15, -0.1) is 0 Å². The molecule has 1 saturated heterocycles. The average molecular weight is 273 g/mol. The molecule has 0 aromatic rings. The lowest BCUT2D eigenvalue weighted by Crippen LogP contribution is -2.62. The number of rotatable bonds is 7. The second kappa shape index (κ2) is 7.76. The van der Waals surface area contributed by atoms with Crippen LogP contribution in [0, 0.1) is 5.92 Å². The second-order valence-electron chi connectivity index (χ2n) is 6.60. The summed E-state index contributed by atoms with van der Waals surface area (Å²) < 4.78 is 0. The fourth-order valence-corrected chi connectivity index (χ4v) is 3.32. The van der Waals surface area contributed by atoms with Gasteiger partial charge in [0.2, 0.25) is 0 Å². The molecule has 1 N–H and O–H groups in total. The summed E-state index contributed by atoms with van der Waals surface area (Å²) in [5, 5.41) is 3.69. The fraction of sp³-hybridized carbons (Fsp3) is 1.00. The lowest BCUT2D eigenvalue weighted by Gasteiger charge is -2.46. The second-order valence-corrected chi connectivity index (χ2v) is 7.59. The lowest BCUT2D eigenvalue weighted by molar-refractivity contribution is 0.0679. The molecule has 0 aromatic heterocycles. The van der Waals surface area contributed by atoms with Crippen LogP contribution in [0.4, 0.5) is 0 Å². The van der Waals surface area contributed by atoms with Gasteiger partial charge in [0.15, 0.2) is 0 Å².